The van der Waals surface area contributed by atoms with Gasteiger partial charge < -0.3 is 25.4 Å². The van der Waals surface area contributed by atoms with Crippen LogP contribution in [0.25, 0.3) is 11.3 Å². The molecule has 10 heteroatoms. The van der Waals surface area contributed by atoms with Gasteiger partial charge in [0.15, 0.2) is 11.6 Å². The molecule has 2 unspecified atom stereocenters. The number of piperidine rings is 1. The third-order valence-electron chi connectivity index (χ3n) is 7.02. The second-order valence-electron chi connectivity index (χ2n) is 9.21. The number of nitrogens with zero attached hydrogens (tertiary/aromatic N) is 2. The Morgan fingerprint density at radius 3 is 2.83 bits per heavy atom. The summed E-state index contributed by atoms with van der Waals surface area (Å²) in [6, 6.07) is 5.05. The molecular formula is C25H33ClFN5O3. The maximum atomic E-state index is 14.6. The van der Waals surface area contributed by atoms with Gasteiger partial charge in [-0.1, -0.05) is 18.5 Å². The van der Waals surface area contributed by atoms with Gasteiger partial charge in [-0.2, -0.15) is 0 Å². The Morgan fingerprint density at radius 1 is 1.34 bits per heavy atom. The lowest BCUT2D eigenvalue weighted by molar-refractivity contribution is -0.120. The first-order valence-corrected chi connectivity index (χ1v) is 12.5. The molecule has 2 atom stereocenters. The van der Waals surface area contributed by atoms with E-state index in [0.717, 1.165) is 19.3 Å². The summed E-state index contributed by atoms with van der Waals surface area (Å²) in [7, 11) is 1.66. The molecule has 2 saturated heterocycles. The highest BCUT2D eigenvalue weighted by Crippen LogP contribution is 2.31. The standard InChI is InChI=1S/C25H33ClFN5O3/c1-3-17-5-4-16(13-28-17)24(33)32-22-12-18(19(26)14-29-22)21-7-6-20(27)23(31-21)30-15-25(34-2)8-10-35-11-9-25/h6-7,12,14,16-17,28H,3-5,8-11,13,15H2,1-2H3,(H,30,31)(H,29,32,33). The van der Waals surface area contributed by atoms with Crippen LogP contribution in [0.5, 0.6) is 0 Å². The van der Waals surface area contributed by atoms with Gasteiger partial charge in [0.25, 0.3) is 0 Å². The summed E-state index contributed by atoms with van der Waals surface area (Å²) >= 11 is 6.41. The molecule has 4 heterocycles. The first-order chi connectivity index (χ1) is 16.9. The third kappa shape index (κ3) is 6.27. The molecule has 0 spiro atoms. The lowest BCUT2D eigenvalue weighted by Gasteiger charge is -2.36. The van der Waals surface area contributed by atoms with E-state index < -0.39 is 11.4 Å². The first kappa shape index (κ1) is 25.8. The third-order valence-corrected chi connectivity index (χ3v) is 7.32. The molecule has 0 radical (unpaired) electrons. The molecule has 0 aliphatic carbocycles. The molecule has 0 saturated carbocycles. The molecule has 2 aliphatic heterocycles. The smallest absolute Gasteiger partial charge is 0.229 e. The fourth-order valence-electron chi connectivity index (χ4n) is 4.58. The van der Waals surface area contributed by atoms with Gasteiger partial charge in [0.2, 0.25) is 5.91 Å². The Hall–Kier alpha value is -2.33. The van der Waals surface area contributed by atoms with Crippen LogP contribution in [0.2, 0.25) is 5.02 Å². The van der Waals surface area contributed by atoms with Crippen molar-refractivity contribution >= 4 is 29.1 Å². The van der Waals surface area contributed by atoms with E-state index >= 15 is 0 Å². The van der Waals surface area contributed by atoms with E-state index in [1.807, 2.05) is 0 Å². The number of aromatic nitrogens is 2. The topological polar surface area (TPSA) is 97.4 Å². The lowest BCUT2D eigenvalue weighted by Crippen LogP contribution is -2.44. The fourth-order valence-corrected chi connectivity index (χ4v) is 4.78. The number of hydrogen-bond acceptors (Lipinski definition) is 7. The van der Waals surface area contributed by atoms with Gasteiger partial charge in [-0.25, -0.2) is 14.4 Å². The van der Waals surface area contributed by atoms with Crippen LogP contribution >= 0.6 is 11.6 Å². The number of rotatable bonds is 8. The van der Waals surface area contributed by atoms with Crippen LogP contribution in [0, 0.1) is 11.7 Å². The van der Waals surface area contributed by atoms with Crippen molar-refractivity contribution in [2.45, 2.75) is 50.7 Å². The van der Waals surface area contributed by atoms with E-state index in [0.29, 0.717) is 67.3 Å². The molecule has 1 amide bonds. The minimum Gasteiger partial charge on any atom is -0.381 e. The van der Waals surface area contributed by atoms with Crippen molar-refractivity contribution < 1.29 is 18.7 Å². The summed E-state index contributed by atoms with van der Waals surface area (Å²) in [4.78, 5) is 21.5. The molecule has 8 nitrogen and oxygen atoms in total. The van der Waals surface area contributed by atoms with Gasteiger partial charge in [-0.3, -0.25) is 4.79 Å². The van der Waals surface area contributed by atoms with Crippen molar-refractivity contribution in [2.75, 3.05) is 44.0 Å². The number of nitrogens with one attached hydrogen (secondary N) is 3. The number of ether oxygens (including phenoxy) is 2. The van der Waals surface area contributed by atoms with Crippen LogP contribution in [-0.4, -0.2) is 60.9 Å². The van der Waals surface area contributed by atoms with E-state index in [4.69, 9.17) is 21.1 Å². The van der Waals surface area contributed by atoms with Crippen LogP contribution in [-0.2, 0) is 14.3 Å². The number of pyridine rings is 2. The van der Waals surface area contributed by atoms with Crippen molar-refractivity contribution in [1.29, 1.82) is 0 Å². The number of methoxy groups -OCH3 is 1. The first-order valence-electron chi connectivity index (χ1n) is 12.2. The molecule has 2 fully saturated rings. The molecule has 0 bridgehead atoms. The summed E-state index contributed by atoms with van der Waals surface area (Å²) in [5.41, 5.74) is 0.597. The highest BCUT2D eigenvalue weighted by atomic mass is 35.5. The summed E-state index contributed by atoms with van der Waals surface area (Å²) in [5, 5.41) is 9.77. The number of carbonyl (C=O) groups is 1. The Kier molecular flexibility index (Phi) is 8.54. The van der Waals surface area contributed by atoms with Crippen LogP contribution in [0.15, 0.2) is 24.4 Å². The van der Waals surface area contributed by atoms with Crippen molar-refractivity contribution in [3.63, 3.8) is 0 Å². The molecule has 2 aliphatic rings. The van der Waals surface area contributed by atoms with Gasteiger partial charge in [-0.05, 0) is 37.5 Å². The quantitative estimate of drug-likeness (QED) is 0.493. The number of anilines is 2. The summed E-state index contributed by atoms with van der Waals surface area (Å²) < 4.78 is 25.7. The summed E-state index contributed by atoms with van der Waals surface area (Å²) in [6.07, 6.45) is 5.76. The predicted octanol–water partition coefficient (Wildman–Crippen LogP) is 4.26. The Balaban J connectivity index is 1.47. The summed E-state index contributed by atoms with van der Waals surface area (Å²) in [5.74, 6) is -0.169. The van der Waals surface area contributed by atoms with Crippen molar-refractivity contribution in [1.82, 2.24) is 15.3 Å². The average Bonchev–Trinajstić information content (AvgIpc) is 2.90. The maximum Gasteiger partial charge on any atom is 0.229 e. The zero-order valence-corrected chi connectivity index (χ0v) is 21.0. The second-order valence-corrected chi connectivity index (χ2v) is 9.61. The molecule has 190 valence electrons. The van der Waals surface area contributed by atoms with Crippen molar-refractivity contribution in [3.8, 4) is 11.3 Å². The van der Waals surface area contributed by atoms with Gasteiger partial charge in [0.1, 0.15) is 5.82 Å². The van der Waals surface area contributed by atoms with Gasteiger partial charge in [0, 0.05) is 64.1 Å². The molecule has 2 aromatic heterocycles. The molecule has 35 heavy (non-hydrogen) atoms. The molecule has 0 aromatic carbocycles. The zero-order chi connectivity index (χ0) is 24.8. The van der Waals surface area contributed by atoms with Gasteiger partial charge in [-0.15, -0.1) is 0 Å². The second kappa shape index (κ2) is 11.6. The van der Waals surface area contributed by atoms with Crippen LogP contribution in [0.1, 0.15) is 39.0 Å². The van der Waals surface area contributed by atoms with Gasteiger partial charge >= 0.3 is 0 Å². The largest absolute Gasteiger partial charge is 0.381 e. The summed E-state index contributed by atoms with van der Waals surface area (Å²) in [6.45, 7) is 4.39. The average molecular weight is 506 g/mol. The van der Waals surface area contributed by atoms with Crippen molar-refractivity contribution in [2.24, 2.45) is 5.92 Å². The number of carbonyl (C=O) groups excluding carboxylic acids is 1. The Bertz CT molecular complexity index is 1030. The predicted molar refractivity (Wildman–Crippen MR) is 134 cm³/mol. The number of hydrogen-bond donors (Lipinski definition) is 3. The molecule has 3 N–H and O–H groups in total. The van der Waals surface area contributed by atoms with Crippen LogP contribution in [0.4, 0.5) is 16.0 Å². The van der Waals surface area contributed by atoms with Gasteiger partial charge in [0.05, 0.1) is 22.2 Å². The van der Waals surface area contributed by atoms with E-state index in [2.05, 4.69) is 32.8 Å². The molecular weight excluding hydrogens is 473 g/mol. The Morgan fingerprint density at radius 2 is 2.14 bits per heavy atom. The number of halogens is 2. The monoisotopic (exact) mass is 505 g/mol. The normalized spacial score (nSPS) is 21.9. The van der Waals surface area contributed by atoms with E-state index in [1.165, 1.54) is 12.3 Å². The highest BCUT2D eigenvalue weighted by molar-refractivity contribution is 6.33. The zero-order valence-electron chi connectivity index (χ0n) is 20.2. The van der Waals surface area contributed by atoms with Crippen LogP contribution < -0.4 is 16.0 Å². The maximum absolute atomic E-state index is 14.6. The van der Waals surface area contributed by atoms with Crippen molar-refractivity contribution in [3.05, 3.63) is 35.2 Å². The molecule has 2 aromatic rings. The van der Waals surface area contributed by atoms with E-state index in [-0.39, 0.29) is 17.6 Å². The minimum absolute atomic E-state index is 0.0800. The lowest BCUT2D eigenvalue weighted by atomic mass is 9.93. The number of amides is 1. The SMILES string of the molecule is CCC1CCC(C(=O)Nc2cc(-c3ccc(F)c(NCC4(OC)CCOCC4)n3)c(Cl)cn2)CN1. The van der Waals surface area contributed by atoms with Crippen LogP contribution in [0.3, 0.4) is 0 Å². The fraction of sp³-hybridized carbons (Fsp3) is 0.560. The highest BCUT2D eigenvalue weighted by Gasteiger charge is 2.32. The van der Waals surface area contributed by atoms with E-state index in [9.17, 15) is 9.18 Å². The molecule has 4 rings (SSSR count). The van der Waals surface area contributed by atoms with E-state index in [1.54, 1.807) is 19.2 Å². The Labute approximate surface area is 210 Å². The minimum atomic E-state index is -0.471.